The first kappa shape index (κ1) is 32.1. The molecule has 2 aromatic carbocycles. The Morgan fingerprint density at radius 3 is 2.12 bits per heavy atom. The molecule has 1 heterocycles. The van der Waals surface area contributed by atoms with Gasteiger partial charge in [0.25, 0.3) is 0 Å². The summed E-state index contributed by atoms with van der Waals surface area (Å²) in [6.45, 7) is 10.3. The number of nitrogens with one attached hydrogen (secondary N) is 2. The Balaban J connectivity index is 1.90. The van der Waals surface area contributed by atoms with Crippen LogP contribution in [0.1, 0.15) is 67.8 Å². The maximum Gasteiger partial charge on any atom is 0.420 e. The summed E-state index contributed by atoms with van der Waals surface area (Å²) in [5, 5.41) is 4.72. The number of alkyl halides is 3. The summed E-state index contributed by atoms with van der Waals surface area (Å²) < 4.78 is 52.2. The maximum atomic E-state index is 13.9. The van der Waals surface area contributed by atoms with Crippen molar-refractivity contribution in [3.63, 3.8) is 0 Å². The van der Waals surface area contributed by atoms with Gasteiger partial charge in [0.15, 0.2) is 5.78 Å². The molecule has 3 rings (SSSR count). The van der Waals surface area contributed by atoms with Crippen LogP contribution in [0.3, 0.4) is 0 Å². The quantitative estimate of drug-likeness (QED) is 0.197. The fourth-order valence-electron chi connectivity index (χ4n) is 4.07. The number of hydrogen-bond donors (Lipinski definition) is 2. The van der Waals surface area contributed by atoms with E-state index < -0.39 is 47.3 Å². The summed E-state index contributed by atoms with van der Waals surface area (Å²) in [4.78, 5) is 42.8. The zero-order valence-electron chi connectivity index (χ0n) is 24.4. The van der Waals surface area contributed by atoms with Crippen molar-refractivity contribution in [2.24, 2.45) is 0 Å². The third kappa shape index (κ3) is 9.05. The molecule has 0 radical (unpaired) electrons. The number of Topliss-reactive ketones (excluding diaryl/α,β-unsaturated/α-hetero) is 1. The first-order valence-electron chi connectivity index (χ1n) is 13.3. The third-order valence-electron chi connectivity index (χ3n) is 5.72. The number of pyridine rings is 1. The average molecular weight is 586 g/mol. The Morgan fingerprint density at radius 2 is 1.52 bits per heavy atom. The lowest BCUT2D eigenvalue weighted by molar-refractivity contribution is -0.139. The number of nitrogens with zero attached hydrogens (tertiary/aromatic N) is 1. The van der Waals surface area contributed by atoms with Gasteiger partial charge in [-0.1, -0.05) is 25.1 Å². The van der Waals surface area contributed by atoms with Crippen LogP contribution in [-0.2, 0) is 15.7 Å². The van der Waals surface area contributed by atoms with Crippen LogP contribution in [-0.4, -0.2) is 35.0 Å². The van der Waals surface area contributed by atoms with Gasteiger partial charge < -0.3 is 14.8 Å². The minimum absolute atomic E-state index is 0.00708. The number of halogens is 3. The molecule has 0 aliphatic heterocycles. The van der Waals surface area contributed by atoms with E-state index in [-0.39, 0.29) is 23.5 Å². The molecule has 0 unspecified atom stereocenters. The van der Waals surface area contributed by atoms with E-state index in [0.717, 1.165) is 28.6 Å². The second kappa shape index (κ2) is 13.1. The zero-order valence-corrected chi connectivity index (χ0v) is 24.4. The number of amides is 2. The van der Waals surface area contributed by atoms with Crippen molar-refractivity contribution in [2.45, 2.75) is 66.2 Å². The SMILES string of the molecule is CCCOc1cc(NC(=O)OC(C)(C)C)c(NC(=O)CC(=O)c2cccc(-c3cc(C)nc(C)c3)c2)cc1C(F)(F)F. The lowest BCUT2D eigenvalue weighted by Gasteiger charge is -2.22. The van der Waals surface area contributed by atoms with E-state index in [9.17, 15) is 27.6 Å². The molecule has 11 heteroatoms. The van der Waals surface area contributed by atoms with Crippen LogP contribution in [0.5, 0.6) is 5.75 Å². The predicted octanol–water partition coefficient (Wildman–Crippen LogP) is 7.73. The molecular weight excluding hydrogens is 551 g/mol. The van der Waals surface area contributed by atoms with Gasteiger partial charge in [0, 0.05) is 23.0 Å². The van der Waals surface area contributed by atoms with Gasteiger partial charge in [0.1, 0.15) is 11.4 Å². The Morgan fingerprint density at radius 1 is 0.881 bits per heavy atom. The van der Waals surface area contributed by atoms with Gasteiger partial charge in [-0.15, -0.1) is 0 Å². The normalized spacial score (nSPS) is 11.5. The van der Waals surface area contributed by atoms with Crippen molar-refractivity contribution in [2.75, 3.05) is 17.2 Å². The van der Waals surface area contributed by atoms with E-state index in [0.29, 0.717) is 12.5 Å². The summed E-state index contributed by atoms with van der Waals surface area (Å²) in [7, 11) is 0. The summed E-state index contributed by atoms with van der Waals surface area (Å²) in [5.74, 6) is -1.94. The molecule has 0 saturated heterocycles. The molecule has 3 aromatic rings. The molecule has 0 spiro atoms. The Hall–Kier alpha value is -4.41. The van der Waals surface area contributed by atoms with Crippen LogP contribution < -0.4 is 15.4 Å². The van der Waals surface area contributed by atoms with E-state index in [1.807, 2.05) is 32.0 Å². The van der Waals surface area contributed by atoms with Crippen LogP contribution >= 0.6 is 0 Å². The van der Waals surface area contributed by atoms with Crippen molar-refractivity contribution in [1.29, 1.82) is 0 Å². The van der Waals surface area contributed by atoms with Gasteiger partial charge in [-0.25, -0.2) is 4.79 Å². The highest BCUT2D eigenvalue weighted by Crippen LogP contribution is 2.41. The minimum atomic E-state index is -4.83. The molecular formula is C31H34F3N3O5. The molecule has 42 heavy (non-hydrogen) atoms. The number of hydrogen-bond acceptors (Lipinski definition) is 6. The molecule has 0 bridgehead atoms. The Bertz CT molecular complexity index is 1460. The van der Waals surface area contributed by atoms with Crippen LogP contribution in [0.15, 0.2) is 48.5 Å². The van der Waals surface area contributed by atoms with Crippen LogP contribution in [0.2, 0.25) is 0 Å². The molecule has 0 aliphatic rings. The number of ketones is 1. The van der Waals surface area contributed by atoms with E-state index in [4.69, 9.17) is 9.47 Å². The number of aromatic nitrogens is 1. The van der Waals surface area contributed by atoms with Gasteiger partial charge in [-0.05, 0) is 76.4 Å². The standard InChI is InChI=1S/C31H34F3N3O5/c1-7-11-41-27-16-25(37-29(40)42-30(4,5)6)24(15-23(27)31(32,33)34)36-28(39)17-26(38)21-10-8-9-20(14-21)22-12-18(2)35-19(3)13-22/h8-10,12-16H,7,11,17H2,1-6H3,(H,36,39)(H,37,40). The molecule has 0 aliphatic carbocycles. The number of carbonyl (C=O) groups is 3. The number of carbonyl (C=O) groups excluding carboxylic acids is 3. The zero-order chi connectivity index (χ0) is 31.2. The lowest BCUT2D eigenvalue weighted by Crippen LogP contribution is -2.28. The second-order valence-electron chi connectivity index (χ2n) is 10.7. The van der Waals surface area contributed by atoms with Crippen molar-refractivity contribution < 1.29 is 37.0 Å². The van der Waals surface area contributed by atoms with Gasteiger partial charge in [-0.3, -0.25) is 19.9 Å². The first-order chi connectivity index (χ1) is 19.6. The highest BCUT2D eigenvalue weighted by atomic mass is 19.4. The van der Waals surface area contributed by atoms with Crippen LogP contribution in [0, 0.1) is 13.8 Å². The number of aryl methyl sites for hydroxylation is 2. The topological polar surface area (TPSA) is 107 Å². The van der Waals surface area contributed by atoms with E-state index >= 15 is 0 Å². The fraction of sp³-hybridized carbons (Fsp3) is 0.355. The maximum absolute atomic E-state index is 13.9. The first-order valence-corrected chi connectivity index (χ1v) is 13.3. The summed E-state index contributed by atoms with van der Waals surface area (Å²) >= 11 is 0. The van der Waals surface area contributed by atoms with Gasteiger partial charge >= 0.3 is 12.3 Å². The predicted molar refractivity (Wildman–Crippen MR) is 154 cm³/mol. The third-order valence-corrected chi connectivity index (χ3v) is 5.72. The highest BCUT2D eigenvalue weighted by Gasteiger charge is 2.36. The van der Waals surface area contributed by atoms with Crippen LogP contribution in [0.25, 0.3) is 11.1 Å². The van der Waals surface area contributed by atoms with Gasteiger partial charge in [0.2, 0.25) is 5.91 Å². The number of benzene rings is 2. The van der Waals surface area contributed by atoms with E-state index in [2.05, 4.69) is 15.6 Å². The Kier molecular flexibility index (Phi) is 9.98. The van der Waals surface area contributed by atoms with Crippen molar-refractivity contribution in [3.05, 3.63) is 71.0 Å². The molecule has 0 fully saturated rings. The summed E-state index contributed by atoms with van der Waals surface area (Å²) in [5.41, 5.74) is 0.862. The highest BCUT2D eigenvalue weighted by molar-refractivity contribution is 6.12. The average Bonchev–Trinajstić information content (AvgIpc) is 2.86. The molecule has 2 N–H and O–H groups in total. The summed E-state index contributed by atoms with van der Waals surface area (Å²) in [6.07, 6.45) is -5.99. The molecule has 8 nitrogen and oxygen atoms in total. The van der Waals surface area contributed by atoms with Gasteiger partial charge in [0.05, 0.1) is 30.0 Å². The number of ether oxygens (including phenoxy) is 2. The van der Waals surface area contributed by atoms with E-state index in [1.165, 1.54) is 0 Å². The van der Waals surface area contributed by atoms with E-state index in [1.54, 1.807) is 45.9 Å². The van der Waals surface area contributed by atoms with Gasteiger partial charge in [-0.2, -0.15) is 13.2 Å². The molecule has 224 valence electrons. The van der Waals surface area contributed by atoms with Crippen molar-refractivity contribution in [1.82, 2.24) is 4.98 Å². The molecule has 1 aromatic heterocycles. The number of rotatable bonds is 9. The minimum Gasteiger partial charge on any atom is -0.493 e. The monoisotopic (exact) mass is 585 g/mol. The fourth-order valence-corrected chi connectivity index (χ4v) is 4.07. The number of anilines is 2. The second-order valence-corrected chi connectivity index (χ2v) is 10.7. The molecule has 2 amide bonds. The van der Waals surface area contributed by atoms with Crippen molar-refractivity contribution >= 4 is 29.2 Å². The lowest BCUT2D eigenvalue weighted by atomic mass is 9.99. The molecule has 0 atom stereocenters. The van der Waals surface area contributed by atoms with Crippen LogP contribution in [0.4, 0.5) is 29.3 Å². The largest absolute Gasteiger partial charge is 0.493 e. The molecule has 0 saturated carbocycles. The Labute approximate surface area is 242 Å². The smallest absolute Gasteiger partial charge is 0.420 e. The van der Waals surface area contributed by atoms with Crippen molar-refractivity contribution in [3.8, 4) is 16.9 Å². The summed E-state index contributed by atoms with van der Waals surface area (Å²) in [6, 6.07) is 12.1.